The first-order valence-electron chi connectivity index (χ1n) is 7.03. The van der Waals surface area contributed by atoms with E-state index >= 15 is 0 Å². The molecule has 0 unspecified atom stereocenters. The van der Waals surface area contributed by atoms with Gasteiger partial charge in [0, 0.05) is 34.6 Å². The number of benzene rings is 1. The number of amides is 1. The molecule has 2 N–H and O–H groups in total. The van der Waals surface area contributed by atoms with Crippen molar-refractivity contribution < 1.29 is 22.4 Å². The highest BCUT2D eigenvalue weighted by atomic mass is 127. The zero-order valence-corrected chi connectivity index (χ0v) is 13.9. The number of hydrogen-bond acceptors (Lipinski definition) is 2. The molecule has 0 aliphatic heterocycles. The van der Waals surface area contributed by atoms with Gasteiger partial charge in [-0.25, -0.2) is 4.39 Å². The van der Waals surface area contributed by atoms with E-state index in [0.29, 0.717) is 12.1 Å². The zero-order valence-electron chi connectivity index (χ0n) is 11.7. The Bertz CT molecular complexity index is 661. The number of anilines is 1. The van der Waals surface area contributed by atoms with Crippen LogP contribution in [0.4, 0.5) is 23.2 Å². The Morgan fingerprint density at radius 2 is 1.91 bits per heavy atom. The van der Waals surface area contributed by atoms with Gasteiger partial charge in [-0.2, -0.15) is 13.2 Å². The van der Waals surface area contributed by atoms with Crippen molar-refractivity contribution in [3.63, 3.8) is 0 Å². The minimum atomic E-state index is -4.80. The van der Waals surface area contributed by atoms with Crippen molar-refractivity contribution in [3.05, 3.63) is 41.7 Å². The van der Waals surface area contributed by atoms with Gasteiger partial charge in [-0.05, 0) is 36.5 Å². The van der Waals surface area contributed by atoms with E-state index in [9.17, 15) is 22.4 Å². The van der Waals surface area contributed by atoms with Crippen molar-refractivity contribution in [2.75, 3.05) is 5.32 Å². The Balaban J connectivity index is 1.80. The predicted octanol–water partition coefficient (Wildman–Crippen LogP) is 3.91. The summed E-state index contributed by atoms with van der Waals surface area (Å²) in [6.45, 7) is 0. The van der Waals surface area contributed by atoms with Gasteiger partial charge in [0.25, 0.3) is 0 Å². The van der Waals surface area contributed by atoms with Gasteiger partial charge in [0.05, 0.1) is 11.5 Å². The third-order valence-corrected chi connectivity index (χ3v) is 5.15. The smallest absolute Gasteiger partial charge is 0.326 e. The minimum absolute atomic E-state index is 0.0480. The van der Waals surface area contributed by atoms with Crippen LogP contribution in [0.3, 0.4) is 0 Å². The van der Waals surface area contributed by atoms with Crippen molar-refractivity contribution in [1.29, 1.82) is 0 Å². The van der Waals surface area contributed by atoms with Crippen LogP contribution in [-0.2, 0) is 11.0 Å². The summed E-state index contributed by atoms with van der Waals surface area (Å²) >= 11 is 1.99. The monoisotopic (exact) mass is 440 g/mol. The lowest BCUT2D eigenvalue weighted by Gasteiger charge is -2.26. The highest BCUT2D eigenvalue weighted by molar-refractivity contribution is 14.1. The molecule has 0 spiro atoms. The molecule has 2 aliphatic rings. The van der Waals surface area contributed by atoms with Crippen LogP contribution in [0.15, 0.2) is 30.4 Å². The Hall–Kier alpha value is -1.16. The number of allylic oxidation sites excluding steroid dienone is 1. The van der Waals surface area contributed by atoms with Crippen molar-refractivity contribution in [2.24, 2.45) is 17.8 Å². The summed E-state index contributed by atoms with van der Waals surface area (Å²) in [5.41, 5.74) is -1.44. The molecule has 1 amide bonds. The second-order valence-corrected chi connectivity index (χ2v) is 6.41. The molecule has 0 aromatic heterocycles. The van der Waals surface area contributed by atoms with Crippen molar-refractivity contribution in [3.8, 4) is 0 Å². The Morgan fingerprint density at radius 1 is 1.22 bits per heavy atom. The maximum Gasteiger partial charge on any atom is 0.419 e. The number of carbonyl (C=O) groups excluding carboxylic acids is 1. The Kier molecular flexibility index (Phi) is 4.39. The van der Waals surface area contributed by atoms with Crippen LogP contribution in [0.2, 0.25) is 0 Å². The van der Waals surface area contributed by atoms with Crippen LogP contribution in [0.1, 0.15) is 12.0 Å². The van der Waals surface area contributed by atoms with Gasteiger partial charge in [-0.3, -0.25) is 8.32 Å². The first-order chi connectivity index (χ1) is 10.8. The molecule has 1 saturated carbocycles. The fourth-order valence-electron chi connectivity index (χ4n) is 3.37. The van der Waals surface area contributed by atoms with Crippen LogP contribution in [0.5, 0.6) is 0 Å². The molecule has 2 aliphatic carbocycles. The average molecular weight is 440 g/mol. The van der Waals surface area contributed by atoms with Gasteiger partial charge in [0.15, 0.2) is 0 Å². The first kappa shape index (κ1) is 16.7. The molecule has 1 aromatic rings. The number of carbonyl (C=O) groups is 1. The summed E-state index contributed by atoms with van der Waals surface area (Å²) in [6.07, 6.45) is 0.0951. The molecule has 23 heavy (non-hydrogen) atoms. The molecule has 8 heteroatoms. The van der Waals surface area contributed by atoms with Crippen LogP contribution < -0.4 is 8.85 Å². The number of alkyl halides is 3. The molecule has 3 nitrogen and oxygen atoms in total. The lowest BCUT2D eigenvalue weighted by Crippen LogP contribution is -2.41. The molecule has 2 bridgehead atoms. The second-order valence-electron chi connectivity index (χ2n) is 5.79. The zero-order chi connectivity index (χ0) is 16.8. The SMILES string of the molecule is O=C(Nc1ccc(F)c(C(F)(F)F)c1)[C@@H]1[C@H](NI)[C@H]2C=C[C@@H]1C2. The largest absolute Gasteiger partial charge is 0.419 e. The first-order valence-corrected chi connectivity index (χ1v) is 8.11. The van der Waals surface area contributed by atoms with E-state index in [-0.39, 0.29) is 35.4 Å². The third kappa shape index (κ3) is 3.10. The molecular formula is C15H13F4IN2O. The normalized spacial score (nSPS) is 29.1. The van der Waals surface area contributed by atoms with Crippen molar-refractivity contribution in [1.82, 2.24) is 3.53 Å². The number of halogens is 5. The van der Waals surface area contributed by atoms with E-state index in [2.05, 4.69) is 14.9 Å². The molecule has 4 atom stereocenters. The van der Waals surface area contributed by atoms with E-state index in [1.165, 1.54) is 0 Å². The number of nitrogens with one attached hydrogen (secondary N) is 2. The quantitative estimate of drug-likeness (QED) is 0.324. The fraction of sp³-hybridized carbons (Fsp3) is 0.400. The summed E-state index contributed by atoms with van der Waals surface area (Å²) in [4.78, 5) is 12.5. The van der Waals surface area contributed by atoms with Crippen LogP contribution in [-0.4, -0.2) is 11.9 Å². The molecule has 0 saturated heterocycles. The lowest BCUT2D eigenvalue weighted by molar-refractivity contribution is -0.140. The van der Waals surface area contributed by atoms with Gasteiger partial charge in [0.2, 0.25) is 5.91 Å². The summed E-state index contributed by atoms with van der Waals surface area (Å²) in [5.74, 6) is -1.72. The van der Waals surface area contributed by atoms with E-state index in [1.807, 2.05) is 28.9 Å². The number of hydrogen-bond donors (Lipinski definition) is 2. The molecule has 124 valence electrons. The van der Waals surface area contributed by atoms with Gasteiger partial charge < -0.3 is 5.32 Å². The molecule has 0 radical (unpaired) electrons. The number of rotatable bonds is 3. The Labute approximate surface area is 144 Å². The van der Waals surface area contributed by atoms with E-state index < -0.39 is 17.6 Å². The maximum absolute atomic E-state index is 13.3. The Morgan fingerprint density at radius 3 is 2.57 bits per heavy atom. The van der Waals surface area contributed by atoms with Crippen molar-refractivity contribution >= 4 is 34.5 Å². The minimum Gasteiger partial charge on any atom is -0.326 e. The second kappa shape index (κ2) is 6.04. The van der Waals surface area contributed by atoms with Crippen LogP contribution >= 0.6 is 22.9 Å². The van der Waals surface area contributed by atoms with Gasteiger partial charge in [0.1, 0.15) is 5.82 Å². The maximum atomic E-state index is 13.3. The van der Waals surface area contributed by atoms with Crippen LogP contribution in [0, 0.1) is 23.6 Å². The van der Waals surface area contributed by atoms with E-state index in [0.717, 1.165) is 12.5 Å². The van der Waals surface area contributed by atoms with Crippen molar-refractivity contribution in [2.45, 2.75) is 18.6 Å². The van der Waals surface area contributed by atoms with Crippen LogP contribution in [0.25, 0.3) is 0 Å². The summed E-state index contributed by atoms with van der Waals surface area (Å²) in [5, 5.41) is 2.49. The molecule has 0 heterocycles. The summed E-state index contributed by atoms with van der Waals surface area (Å²) in [7, 11) is 0. The highest BCUT2D eigenvalue weighted by Crippen LogP contribution is 2.44. The third-order valence-electron chi connectivity index (χ3n) is 4.43. The average Bonchev–Trinajstić information content (AvgIpc) is 3.08. The van der Waals surface area contributed by atoms with Gasteiger partial charge in [-0.15, -0.1) is 0 Å². The standard InChI is InChI=1S/C15H13F4IN2O/c16-11-4-3-9(6-10(11)15(17,18)19)21-14(23)12-7-1-2-8(5-7)13(12)22-20/h1-4,6-8,12-13,22H,5H2,(H,21,23)/t7-,8+,12+,13-/m1/s1. The highest BCUT2D eigenvalue weighted by Gasteiger charge is 2.47. The lowest BCUT2D eigenvalue weighted by atomic mass is 9.88. The summed E-state index contributed by atoms with van der Waals surface area (Å²) in [6, 6.07) is 2.43. The van der Waals surface area contributed by atoms with Gasteiger partial charge in [-0.1, -0.05) is 12.2 Å². The topological polar surface area (TPSA) is 41.1 Å². The fourth-order valence-corrected chi connectivity index (χ4v) is 4.22. The number of fused-ring (bicyclic) bond motifs is 2. The molecule has 3 rings (SSSR count). The predicted molar refractivity (Wildman–Crippen MR) is 85.2 cm³/mol. The van der Waals surface area contributed by atoms with E-state index in [4.69, 9.17) is 0 Å². The molecule has 1 aromatic carbocycles. The van der Waals surface area contributed by atoms with Gasteiger partial charge >= 0.3 is 6.18 Å². The molecular weight excluding hydrogens is 427 g/mol. The molecule has 1 fully saturated rings. The van der Waals surface area contributed by atoms with E-state index in [1.54, 1.807) is 0 Å². The summed E-state index contributed by atoms with van der Waals surface area (Å²) < 4.78 is 54.6.